The number of carbonyl (C=O) groups excluding carboxylic acids is 3. The first-order valence-electron chi connectivity index (χ1n) is 18.9. The number of hydrogen-bond donors (Lipinski definition) is 4. The van der Waals surface area contributed by atoms with Gasteiger partial charge in [0.1, 0.15) is 11.6 Å². The molecule has 0 aliphatic carbocycles. The van der Waals surface area contributed by atoms with Crippen molar-refractivity contribution in [3.63, 3.8) is 0 Å². The van der Waals surface area contributed by atoms with Crippen LogP contribution in [0.4, 0.5) is 8.78 Å². The smallest absolute Gasteiger partial charge is 0.303 e. The van der Waals surface area contributed by atoms with Crippen LogP contribution in [0.1, 0.15) is 81.5 Å². The molecule has 12 heteroatoms. The first kappa shape index (κ1) is 42.8. The molecule has 5 N–H and O–H groups in total. The summed E-state index contributed by atoms with van der Waals surface area (Å²) in [5.74, 6) is 8.84. The monoisotopic (exact) mass is 789 g/mol. The third kappa shape index (κ3) is 12.8. The number of nitrogens with one attached hydrogen (secondary N) is 2. The van der Waals surface area contributed by atoms with E-state index in [-0.39, 0.29) is 54.2 Å². The highest BCUT2D eigenvalue weighted by atomic mass is 19.1. The summed E-state index contributed by atoms with van der Waals surface area (Å²) in [5, 5.41) is 15.0. The summed E-state index contributed by atoms with van der Waals surface area (Å²) in [6.07, 6.45) is 2.79. The van der Waals surface area contributed by atoms with E-state index in [1.807, 2.05) is 0 Å². The maximum atomic E-state index is 13.6. The molecule has 300 valence electrons. The van der Waals surface area contributed by atoms with Crippen LogP contribution < -0.4 is 16.4 Å². The van der Waals surface area contributed by atoms with Crippen molar-refractivity contribution in [2.45, 2.75) is 38.5 Å². The number of primary amides is 1. The SMILES string of the molecule is NC(=O)CC1(CNC(=O)c2ccc(C#Cc3ccccc3F)cc2)CCOCC1.O=C(O)CC1(CNC(=O)c2ccc(C#Cc3ccccc3F)cc2)CCOCC1. The van der Waals surface area contributed by atoms with Crippen molar-refractivity contribution in [3.8, 4) is 23.7 Å². The molecule has 0 unspecified atom stereocenters. The van der Waals surface area contributed by atoms with Crippen LogP contribution in [0.15, 0.2) is 97.1 Å². The summed E-state index contributed by atoms with van der Waals surface area (Å²) < 4.78 is 37.9. The predicted molar refractivity (Wildman–Crippen MR) is 213 cm³/mol. The molecular formula is C46H45F2N3O7. The van der Waals surface area contributed by atoms with E-state index in [4.69, 9.17) is 15.2 Å². The van der Waals surface area contributed by atoms with Crippen LogP contribution in [0.25, 0.3) is 0 Å². The Balaban J connectivity index is 0.000000221. The zero-order valence-corrected chi connectivity index (χ0v) is 32.0. The Morgan fingerprint density at radius 3 is 1.33 bits per heavy atom. The molecule has 0 bridgehead atoms. The lowest BCUT2D eigenvalue weighted by Crippen LogP contribution is -2.43. The van der Waals surface area contributed by atoms with E-state index in [1.165, 1.54) is 12.1 Å². The van der Waals surface area contributed by atoms with Gasteiger partial charge in [0.15, 0.2) is 0 Å². The molecule has 2 aliphatic rings. The van der Waals surface area contributed by atoms with Gasteiger partial charge in [-0.15, -0.1) is 0 Å². The number of ether oxygens (including phenoxy) is 2. The zero-order chi connectivity index (χ0) is 41.4. The minimum atomic E-state index is -0.876. The maximum absolute atomic E-state index is 13.6. The number of amides is 3. The van der Waals surface area contributed by atoms with Gasteiger partial charge >= 0.3 is 5.97 Å². The third-order valence-electron chi connectivity index (χ3n) is 10.2. The molecule has 4 aromatic rings. The number of carboxylic acid groups (broad SMARTS) is 1. The Labute approximate surface area is 336 Å². The van der Waals surface area contributed by atoms with Gasteiger partial charge in [-0.2, -0.15) is 0 Å². The number of hydrogen-bond acceptors (Lipinski definition) is 6. The van der Waals surface area contributed by atoms with Gasteiger partial charge in [0.25, 0.3) is 11.8 Å². The molecule has 2 heterocycles. The van der Waals surface area contributed by atoms with E-state index < -0.39 is 11.4 Å². The molecule has 2 saturated heterocycles. The van der Waals surface area contributed by atoms with Crippen molar-refractivity contribution in [2.24, 2.45) is 16.6 Å². The molecule has 0 radical (unpaired) electrons. The Kier molecular flexibility index (Phi) is 15.3. The van der Waals surface area contributed by atoms with Gasteiger partial charge < -0.3 is 30.9 Å². The molecule has 2 aliphatic heterocycles. The molecule has 0 atom stereocenters. The molecule has 0 spiro atoms. The van der Waals surface area contributed by atoms with Crippen LogP contribution in [0.5, 0.6) is 0 Å². The molecular weight excluding hydrogens is 745 g/mol. The number of carbonyl (C=O) groups is 4. The number of halogens is 2. The first-order valence-corrected chi connectivity index (χ1v) is 18.9. The highest BCUT2D eigenvalue weighted by Gasteiger charge is 2.36. The van der Waals surface area contributed by atoms with Crippen molar-refractivity contribution in [1.29, 1.82) is 0 Å². The average Bonchev–Trinajstić information content (AvgIpc) is 3.22. The normalized spacial score (nSPS) is 15.1. The summed E-state index contributed by atoms with van der Waals surface area (Å²) in [6, 6.07) is 26.1. The number of rotatable bonds is 10. The minimum absolute atomic E-state index is 0.00120. The van der Waals surface area contributed by atoms with Gasteiger partial charge in [-0.25, -0.2) is 8.78 Å². The molecule has 3 amide bonds. The fourth-order valence-corrected chi connectivity index (χ4v) is 6.69. The Morgan fingerprint density at radius 1 is 0.586 bits per heavy atom. The van der Waals surface area contributed by atoms with Crippen LogP contribution >= 0.6 is 0 Å². The van der Waals surface area contributed by atoms with Crippen LogP contribution in [0.2, 0.25) is 0 Å². The summed E-state index contributed by atoms with van der Waals surface area (Å²) >= 11 is 0. The summed E-state index contributed by atoms with van der Waals surface area (Å²) in [6.45, 7) is 2.76. The fourth-order valence-electron chi connectivity index (χ4n) is 6.69. The van der Waals surface area contributed by atoms with Crippen molar-refractivity contribution in [1.82, 2.24) is 10.6 Å². The lowest BCUT2D eigenvalue weighted by molar-refractivity contribution is -0.141. The van der Waals surface area contributed by atoms with Crippen LogP contribution in [-0.2, 0) is 19.1 Å². The minimum Gasteiger partial charge on any atom is -0.481 e. The topological polar surface area (TPSA) is 157 Å². The lowest BCUT2D eigenvalue weighted by atomic mass is 9.77. The van der Waals surface area contributed by atoms with Gasteiger partial charge in [0.2, 0.25) is 5.91 Å². The zero-order valence-electron chi connectivity index (χ0n) is 32.0. The molecule has 10 nitrogen and oxygen atoms in total. The average molecular weight is 790 g/mol. The number of benzene rings is 4. The Bertz CT molecular complexity index is 2030. The van der Waals surface area contributed by atoms with Crippen LogP contribution in [0, 0.1) is 46.1 Å². The van der Waals surface area contributed by atoms with Crippen LogP contribution in [0.3, 0.4) is 0 Å². The van der Waals surface area contributed by atoms with Gasteiger partial charge in [-0.05, 0) is 98.5 Å². The lowest BCUT2D eigenvalue weighted by Gasteiger charge is -2.36. The molecule has 6 rings (SSSR count). The number of nitrogens with two attached hydrogens (primary N) is 1. The Hall–Kier alpha value is -6.34. The van der Waals surface area contributed by atoms with E-state index in [0.29, 0.717) is 92.0 Å². The number of aliphatic carboxylic acids is 1. The predicted octanol–water partition coefficient (Wildman–Crippen LogP) is 5.85. The van der Waals surface area contributed by atoms with Crippen molar-refractivity contribution in [3.05, 3.63) is 142 Å². The van der Waals surface area contributed by atoms with Gasteiger partial charge in [0.05, 0.1) is 17.5 Å². The molecule has 0 aromatic heterocycles. The first-order chi connectivity index (χ1) is 27.9. The van der Waals surface area contributed by atoms with Crippen LogP contribution in [-0.4, -0.2) is 68.3 Å². The third-order valence-corrected chi connectivity index (χ3v) is 10.2. The quantitative estimate of drug-likeness (QED) is 0.147. The highest BCUT2D eigenvalue weighted by molar-refractivity contribution is 5.95. The Morgan fingerprint density at radius 2 is 0.966 bits per heavy atom. The molecule has 4 aromatic carbocycles. The second kappa shape index (κ2) is 20.7. The maximum Gasteiger partial charge on any atom is 0.303 e. The van der Waals surface area contributed by atoms with E-state index in [1.54, 1.807) is 84.9 Å². The second-order valence-corrected chi connectivity index (χ2v) is 14.4. The van der Waals surface area contributed by atoms with E-state index in [2.05, 4.69) is 34.3 Å². The van der Waals surface area contributed by atoms with Gasteiger partial charge in [-0.3, -0.25) is 19.2 Å². The standard InChI is InChI=1S/C23H23FN2O3.C23H22FNO4/c24-20-4-2-1-3-18(20)8-5-17-6-9-19(10-7-17)22(28)26-16-23(15-21(25)27)11-13-29-14-12-23;24-20-4-2-1-3-18(20)8-5-17-6-9-19(10-7-17)22(28)25-16-23(15-21(26)27)11-13-29-14-12-23/h1-4,6-7,9-10H,11-16H2,(H2,25,27)(H,26,28);1-4,6-7,9-10H,11-16H2,(H,25,28)(H,26,27). The van der Waals surface area contributed by atoms with Gasteiger partial charge in [0, 0.05) is 79.0 Å². The van der Waals surface area contributed by atoms with Crippen molar-refractivity contribution in [2.75, 3.05) is 39.5 Å². The summed E-state index contributed by atoms with van der Waals surface area (Å²) in [5.41, 5.74) is 7.48. The largest absolute Gasteiger partial charge is 0.481 e. The van der Waals surface area contributed by atoms with Crippen molar-refractivity contribution < 1.29 is 42.5 Å². The number of carboxylic acids is 1. The molecule has 2 fully saturated rings. The van der Waals surface area contributed by atoms with E-state index >= 15 is 0 Å². The van der Waals surface area contributed by atoms with E-state index in [9.17, 15) is 33.1 Å². The second-order valence-electron chi connectivity index (χ2n) is 14.4. The highest BCUT2D eigenvalue weighted by Crippen LogP contribution is 2.34. The molecule has 0 saturated carbocycles. The summed E-state index contributed by atoms with van der Waals surface area (Å²) in [4.78, 5) is 47.6. The fraction of sp³-hybridized carbons (Fsp3) is 0.304. The summed E-state index contributed by atoms with van der Waals surface area (Å²) in [7, 11) is 0. The van der Waals surface area contributed by atoms with Gasteiger partial charge in [-0.1, -0.05) is 47.9 Å². The van der Waals surface area contributed by atoms with Crippen molar-refractivity contribution >= 4 is 23.7 Å². The van der Waals surface area contributed by atoms with E-state index in [0.717, 1.165) is 0 Å². The molecule has 58 heavy (non-hydrogen) atoms.